The Bertz CT molecular complexity index is 878. The van der Waals surface area contributed by atoms with Crippen molar-refractivity contribution in [2.45, 2.75) is 17.4 Å². The number of hydrogen-bond acceptors (Lipinski definition) is 4. The molecule has 1 saturated heterocycles. The lowest BCUT2D eigenvalue weighted by Gasteiger charge is -2.18. The summed E-state index contributed by atoms with van der Waals surface area (Å²) in [5, 5.41) is 12.4. The minimum atomic E-state index is -3.90. The zero-order valence-electron chi connectivity index (χ0n) is 12.8. The molecule has 2 aromatic rings. The van der Waals surface area contributed by atoms with E-state index >= 15 is 0 Å². The van der Waals surface area contributed by atoms with Crippen molar-refractivity contribution >= 4 is 15.7 Å². The van der Waals surface area contributed by atoms with Gasteiger partial charge in [-0.2, -0.15) is 9.57 Å². The monoisotopic (exact) mass is 345 g/mol. The lowest BCUT2D eigenvalue weighted by Crippen LogP contribution is -2.32. The van der Waals surface area contributed by atoms with Gasteiger partial charge in [-0.05, 0) is 30.7 Å². The smallest absolute Gasteiger partial charge is 0.244 e. The minimum Gasteiger partial charge on any atom is -0.381 e. The largest absolute Gasteiger partial charge is 0.381 e. The van der Waals surface area contributed by atoms with Gasteiger partial charge in [-0.25, -0.2) is 12.8 Å². The van der Waals surface area contributed by atoms with Gasteiger partial charge < -0.3 is 5.32 Å². The van der Waals surface area contributed by atoms with E-state index in [0.717, 1.165) is 11.8 Å². The van der Waals surface area contributed by atoms with Gasteiger partial charge in [0.05, 0.1) is 0 Å². The fourth-order valence-corrected chi connectivity index (χ4v) is 4.45. The Labute approximate surface area is 140 Å². The number of sulfonamides is 1. The quantitative estimate of drug-likeness (QED) is 0.924. The molecule has 0 bridgehead atoms. The van der Waals surface area contributed by atoms with Crippen molar-refractivity contribution in [3.63, 3.8) is 0 Å². The molecule has 0 saturated carbocycles. The number of anilines is 1. The molecule has 1 aliphatic rings. The molecule has 1 aliphatic heterocycles. The first-order valence-corrected chi connectivity index (χ1v) is 8.97. The van der Waals surface area contributed by atoms with E-state index in [4.69, 9.17) is 5.26 Å². The lowest BCUT2D eigenvalue weighted by atomic mass is 10.2. The second-order valence-electron chi connectivity index (χ2n) is 5.58. The van der Waals surface area contributed by atoms with Gasteiger partial charge in [-0.3, -0.25) is 0 Å². The number of rotatable bonds is 4. The molecule has 7 heteroatoms. The van der Waals surface area contributed by atoms with E-state index in [9.17, 15) is 12.8 Å². The Morgan fingerprint density at radius 3 is 2.62 bits per heavy atom. The molecule has 1 fully saturated rings. The van der Waals surface area contributed by atoms with Gasteiger partial charge in [0.2, 0.25) is 10.0 Å². The van der Waals surface area contributed by atoms with Gasteiger partial charge >= 0.3 is 0 Å². The molecular formula is C17H16FN3O2S. The fraction of sp³-hybridized carbons (Fsp3) is 0.235. The van der Waals surface area contributed by atoms with Crippen LogP contribution in [-0.2, 0) is 10.0 Å². The predicted octanol–water partition coefficient (Wildman–Crippen LogP) is 2.57. The van der Waals surface area contributed by atoms with Crippen molar-refractivity contribution in [3.05, 3.63) is 59.9 Å². The average molecular weight is 345 g/mol. The molecule has 2 aromatic carbocycles. The SMILES string of the molecule is N#Cc1c(F)cccc1S(=O)(=O)N1CC[C@@H](Nc2ccccc2)C1. The highest BCUT2D eigenvalue weighted by molar-refractivity contribution is 7.89. The second kappa shape index (κ2) is 6.59. The summed E-state index contributed by atoms with van der Waals surface area (Å²) in [5.74, 6) is -0.822. The Morgan fingerprint density at radius 2 is 1.92 bits per heavy atom. The molecule has 1 N–H and O–H groups in total. The molecule has 1 atom stereocenters. The van der Waals surface area contributed by atoms with Crippen LogP contribution in [0.15, 0.2) is 53.4 Å². The highest BCUT2D eigenvalue weighted by Gasteiger charge is 2.34. The molecule has 3 rings (SSSR count). The van der Waals surface area contributed by atoms with Crippen LogP contribution >= 0.6 is 0 Å². The molecule has 0 aliphatic carbocycles. The summed E-state index contributed by atoms with van der Waals surface area (Å²) in [6.07, 6.45) is 0.644. The molecule has 0 spiro atoms. The number of halogens is 1. The lowest BCUT2D eigenvalue weighted by molar-refractivity contribution is 0.473. The summed E-state index contributed by atoms with van der Waals surface area (Å²) in [6, 6.07) is 14.8. The van der Waals surface area contributed by atoms with Crippen molar-refractivity contribution in [3.8, 4) is 6.07 Å². The minimum absolute atomic E-state index is 0.0266. The number of hydrogen-bond donors (Lipinski definition) is 1. The van der Waals surface area contributed by atoms with Gasteiger partial charge in [0.1, 0.15) is 22.3 Å². The Morgan fingerprint density at radius 1 is 1.17 bits per heavy atom. The van der Waals surface area contributed by atoms with Crippen LogP contribution < -0.4 is 5.32 Å². The second-order valence-corrected chi connectivity index (χ2v) is 7.49. The Balaban J connectivity index is 1.80. The highest BCUT2D eigenvalue weighted by atomic mass is 32.2. The molecular weight excluding hydrogens is 329 g/mol. The van der Waals surface area contributed by atoms with Crippen molar-refractivity contribution < 1.29 is 12.8 Å². The van der Waals surface area contributed by atoms with E-state index in [1.165, 1.54) is 16.4 Å². The van der Waals surface area contributed by atoms with E-state index in [1.54, 1.807) is 6.07 Å². The summed E-state index contributed by atoms with van der Waals surface area (Å²) < 4.78 is 40.5. The predicted molar refractivity (Wildman–Crippen MR) is 88.3 cm³/mol. The van der Waals surface area contributed by atoms with Gasteiger partial charge in [0.15, 0.2) is 0 Å². The first-order chi connectivity index (χ1) is 11.5. The number of benzene rings is 2. The van der Waals surface area contributed by atoms with Crippen LogP contribution in [0.2, 0.25) is 0 Å². The first kappa shape index (κ1) is 16.4. The fourth-order valence-electron chi connectivity index (χ4n) is 2.80. The topological polar surface area (TPSA) is 73.2 Å². The maximum absolute atomic E-state index is 13.7. The van der Waals surface area contributed by atoms with Crippen molar-refractivity contribution in [2.24, 2.45) is 0 Å². The third-order valence-corrected chi connectivity index (χ3v) is 5.91. The zero-order chi connectivity index (χ0) is 17.2. The normalized spacial score (nSPS) is 18.2. The summed E-state index contributed by atoms with van der Waals surface area (Å²) in [5.41, 5.74) is 0.488. The summed E-state index contributed by atoms with van der Waals surface area (Å²) in [7, 11) is -3.90. The standard InChI is InChI=1S/C17H16FN3O2S/c18-16-7-4-8-17(15(16)11-19)24(22,23)21-10-9-14(12-21)20-13-5-2-1-3-6-13/h1-8,14,20H,9-10,12H2/t14-/m1/s1. The zero-order valence-corrected chi connectivity index (χ0v) is 13.6. The van der Waals surface area contributed by atoms with Gasteiger partial charge in [0, 0.05) is 24.8 Å². The van der Waals surface area contributed by atoms with Crippen LogP contribution in [0.1, 0.15) is 12.0 Å². The third kappa shape index (κ3) is 3.11. The van der Waals surface area contributed by atoms with E-state index in [1.807, 2.05) is 30.3 Å². The van der Waals surface area contributed by atoms with E-state index in [0.29, 0.717) is 13.0 Å². The molecule has 0 aromatic heterocycles. The number of nitriles is 1. The van der Waals surface area contributed by atoms with E-state index in [2.05, 4.69) is 5.32 Å². The Hall–Kier alpha value is -2.43. The van der Waals surface area contributed by atoms with E-state index < -0.39 is 21.4 Å². The number of para-hydroxylation sites is 1. The van der Waals surface area contributed by atoms with Gasteiger partial charge in [-0.1, -0.05) is 24.3 Å². The van der Waals surface area contributed by atoms with Crippen molar-refractivity contribution in [1.29, 1.82) is 5.26 Å². The molecule has 5 nitrogen and oxygen atoms in total. The van der Waals surface area contributed by atoms with Crippen LogP contribution in [0.5, 0.6) is 0 Å². The van der Waals surface area contributed by atoms with Gasteiger partial charge in [-0.15, -0.1) is 0 Å². The van der Waals surface area contributed by atoms with E-state index in [-0.39, 0.29) is 17.5 Å². The maximum atomic E-state index is 13.7. The van der Waals surface area contributed by atoms with Crippen molar-refractivity contribution in [1.82, 2.24) is 4.31 Å². The molecule has 0 radical (unpaired) electrons. The van der Waals surface area contributed by atoms with Crippen LogP contribution in [0.3, 0.4) is 0 Å². The number of nitrogens with one attached hydrogen (secondary N) is 1. The summed E-state index contributed by atoms with van der Waals surface area (Å²) >= 11 is 0. The molecule has 1 heterocycles. The summed E-state index contributed by atoms with van der Waals surface area (Å²) in [6.45, 7) is 0.604. The average Bonchev–Trinajstić information content (AvgIpc) is 3.05. The molecule has 0 unspecified atom stereocenters. The highest BCUT2D eigenvalue weighted by Crippen LogP contribution is 2.26. The third-order valence-electron chi connectivity index (χ3n) is 4.00. The first-order valence-electron chi connectivity index (χ1n) is 7.52. The van der Waals surface area contributed by atoms with Gasteiger partial charge in [0.25, 0.3) is 0 Å². The van der Waals surface area contributed by atoms with Crippen LogP contribution in [0.4, 0.5) is 10.1 Å². The summed E-state index contributed by atoms with van der Waals surface area (Å²) in [4.78, 5) is -0.273. The molecule has 0 amide bonds. The number of nitrogens with zero attached hydrogens (tertiary/aromatic N) is 2. The van der Waals surface area contributed by atoms with Crippen molar-refractivity contribution in [2.75, 3.05) is 18.4 Å². The molecule has 24 heavy (non-hydrogen) atoms. The van der Waals surface area contributed by atoms with Crippen LogP contribution in [0.25, 0.3) is 0 Å². The maximum Gasteiger partial charge on any atom is 0.244 e. The van der Waals surface area contributed by atoms with Crippen LogP contribution in [-0.4, -0.2) is 31.9 Å². The molecule has 124 valence electrons. The Kier molecular flexibility index (Phi) is 4.51. The van der Waals surface area contributed by atoms with Crippen LogP contribution in [0, 0.1) is 17.1 Å².